The van der Waals surface area contributed by atoms with E-state index in [9.17, 15) is 4.79 Å². The molecule has 140 valence electrons. The lowest BCUT2D eigenvalue weighted by Gasteiger charge is -2.24. The number of aromatic nitrogens is 5. The molecule has 5 rings (SSSR count). The van der Waals surface area contributed by atoms with Gasteiger partial charge in [0.15, 0.2) is 5.65 Å². The van der Waals surface area contributed by atoms with Gasteiger partial charge < -0.3 is 5.32 Å². The van der Waals surface area contributed by atoms with Crippen LogP contribution in [0.5, 0.6) is 0 Å². The van der Waals surface area contributed by atoms with Crippen molar-refractivity contribution in [3.05, 3.63) is 83.6 Å². The average molecular weight is 372 g/mol. The molecule has 4 aromatic rings. The summed E-state index contributed by atoms with van der Waals surface area (Å²) in [6, 6.07) is 15.7. The highest BCUT2D eigenvalue weighted by atomic mass is 16.2. The Balaban J connectivity index is 1.40. The van der Waals surface area contributed by atoms with Gasteiger partial charge in [-0.3, -0.25) is 9.48 Å². The topological polar surface area (TPSA) is 77.1 Å². The molecule has 3 heterocycles. The van der Waals surface area contributed by atoms with Crippen LogP contribution >= 0.6 is 0 Å². The molecule has 1 amide bonds. The molecule has 1 aromatic carbocycles. The highest BCUT2D eigenvalue weighted by Crippen LogP contribution is 2.30. The van der Waals surface area contributed by atoms with Gasteiger partial charge in [0.1, 0.15) is 12.0 Å². The van der Waals surface area contributed by atoms with E-state index in [1.807, 2.05) is 36.5 Å². The summed E-state index contributed by atoms with van der Waals surface area (Å²) in [4.78, 5) is 17.1. The molecule has 0 bridgehead atoms. The summed E-state index contributed by atoms with van der Waals surface area (Å²) in [7, 11) is 0. The van der Waals surface area contributed by atoms with E-state index in [1.165, 1.54) is 17.6 Å². The number of carbonyl (C=O) groups is 1. The molecule has 7 heteroatoms. The van der Waals surface area contributed by atoms with Gasteiger partial charge in [-0.25, -0.2) is 9.50 Å². The third-order valence-corrected chi connectivity index (χ3v) is 5.28. The molecule has 28 heavy (non-hydrogen) atoms. The van der Waals surface area contributed by atoms with Crippen LogP contribution in [-0.2, 0) is 13.0 Å². The molecule has 1 aliphatic carbocycles. The van der Waals surface area contributed by atoms with E-state index in [0.717, 1.165) is 31.4 Å². The number of amides is 1. The maximum atomic E-state index is 12.9. The Labute approximate surface area is 162 Å². The Bertz CT molecular complexity index is 1130. The first-order valence-electron chi connectivity index (χ1n) is 9.48. The van der Waals surface area contributed by atoms with Gasteiger partial charge in [-0.05, 0) is 37.0 Å². The molecule has 7 nitrogen and oxygen atoms in total. The van der Waals surface area contributed by atoms with E-state index in [4.69, 9.17) is 0 Å². The van der Waals surface area contributed by atoms with Crippen LogP contribution in [0.3, 0.4) is 0 Å². The SMILES string of the molecule is O=C(NC1CCCc2c1cnn2Cc1ccccc1)c1cccc2ncnn12. The summed E-state index contributed by atoms with van der Waals surface area (Å²) < 4.78 is 3.62. The summed E-state index contributed by atoms with van der Waals surface area (Å²) in [5.74, 6) is -0.148. The third kappa shape index (κ3) is 2.94. The Kier molecular flexibility index (Phi) is 4.12. The molecule has 1 aliphatic rings. The van der Waals surface area contributed by atoms with Crippen molar-refractivity contribution in [1.29, 1.82) is 0 Å². The lowest BCUT2D eigenvalue weighted by molar-refractivity contribution is 0.0925. The van der Waals surface area contributed by atoms with E-state index in [1.54, 1.807) is 10.6 Å². The van der Waals surface area contributed by atoms with Crippen molar-refractivity contribution in [2.45, 2.75) is 31.8 Å². The van der Waals surface area contributed by atoms with Crippen molar-refractivity contribution in [3.63, 3.8) is 0 Å². The highest BCUT2D eigenvalue weighted by Gasteiger charge is 2.26. The minimum absolute atomic E-state index is 0.0421. The molecule has 0 spiro atoms. The number of fused-ring (bicyclic) bond motifs is 2. The van der Waals surface area contributed by atoms with Gasteiger partial charge in [0.25, 0.3) is 5.91 Å². The molecule has 1 N–H and O–H groups in total. The largest absolute Gasteiger partial charge is 0.344 e. The van der Waals surface area contributed by atoms with Crippen molar-refractivity contribution >= 4 is 11.6 Å². The van der Waals surface area contributed by atoms with Crippen molar-refractivity contribution in [2.75, 3.05) is 0 Å². The first-order chi connectivity index (χ1) is 13.8. The first kappa shape index (κ1) is 16.7. The number of nitrogens with zero attached hydrogens (tertiary/aromatic N) is 5. The zero-order chi connectivity index (χ0) is 18.9. The van der Waals surface area contributed by atoms with Crippen LogP contribution < -0.4 is 5.32 Å². The quantitative estimate of drug-likeness (QED) is 0.598. The smallest absolute Gasteiger partial charge is 0.270 e. The summed E-state index contributed by atoms with van der Waals surface area (Å²) in [6.07, 6.45) is 6.26. The van der Waals surface area contributed by atoms with Crippen molar-refractivity contribution in [3.8, 4) is 0 Å². The Morgan fingerprint density at radius 3 is 2.89 bits per heavy atom. The third-order valence-electron chi connectivity index (χ3n) is 5.28. The Morgan fingerprint density at radius 1 is 1.11 bits per heavy atom. The molecule has 3 aromatic heterocycles. The summed E-state index contributed by atoms with van der Waals surface area (Å²) >= 11 is 0. The second-order valence-corrected chi connectivity index (χ2v) is 7.05. The lowest BCUT2D eigenvalue weighted by atomic mass is 9.92. The van der Waals surface area contributed by atoms with Crippen molar-refractivity contribution in [1.82, 2.24) is 29.7 Å². The number of hydrogen-bond donors (Lipinski definition) is 1. The molecule has 0 saturated heterocycles. The normalized spacial score (nSPS) is 16.1. The Hall–Kier alpha value is -3.48. The van der Waals surface area contributed by atoms with Crippen LogP contribution in [-0.4, -0.2) is 30.3 Å². The molecule has 1 atom stereocenters. The van der Waals surface area contributed by atoms with Gasteiger partial charge in [0.2, 0.25) is 0 Å². The van der Waals surface area contributed by atoms with Crippen LogP contribution in [0.1, 0.15) is 46.2 Å². The lowest BCUT2D eigenvalue weighted by Crippen LogP contribution is -2.32. The minimum Gasteiger partial charge on any atom is -0.344 e. The first-order valence-corrected chi connectivity index (χ1v) is 9.48. The maximum Gasteiger partial charge on any atom is 0.270 e. The number of rotatable bonds is 4. The van der Waals surface area contributed by atoms with Crippen LogP contribution in [0.25, 0.3) is 5.65 Å². The van der Waals surface area contributed by atoms with Crippen molar-refractivity contribution < 1.29 is 4.79 Å². The van der Waals surface area contributed by atoms with Gasteiger partial charge in [0, 0.05) is 11.3 Å². The fraction of sp³-hybridized carbons (Fsp3) is 0.238. The zero-order valence-electron chi connectivity index (χ0n) is 15.3. The fourth-order valence-corrected chi connectivity index (χ4v) is 3.91. The number of pyridine rings is 1. The molecular formula is C21H20N6O. The standard InChI is InChI=1S/C21H20N6O/c28-21(19-10-5-11-20-22-14-24-27(19)20)25-17-8-4-9-18-16(17)12-23-26(18)13-15-6-2-1-3-7-15/h1-3,5-7,10-12,14,17H,4,8-9,13H2,(H,25,28). The average Bonchev–Trinajstić information content (AvgIpc) is 3.36. The van der Waals surface area contributed by atoms with E-state index in [-0.39, 0.29) is 11.9 Å². The highest BCUT2D eigenvalue weighted by molar-refractivity contribution is 5.93. The van der Waals surface area contributed by atoms with E-state index in [2.05, 4.69) is 37.3 Å². The van der Waals surface area contributed by atoms with E-state index >= 15 is 0 Å². The second kappa shape index (κ2) is 6.92. The zero-order valence-corrected chi connectivity index (χ0v) is 15.3. The van der Waals surface area contributed by atoms with Crippen LogP contribution in [0.15, 0.2) is 61.1 Å². The van der Waals surface area contributed by atoms with E-state index < -0.39 is 0 Å². The summed E-state index contributed by atoms with van der Waals surface area (Å²) in [5.41, 5.74) is 4.68. The van der Waals surface area contributed by atoms with Crippen molar-refractivity contribution in [2.24, 2.45) is 0 Å². The molecule has 0 saturated carbocycles. The predicted octanol–water partition coefficient (Wildman–Crippen LogP) is 2.78. The molecule has 0 aliphatic heterocycles. The fourth-order valence-electron chi connectivity index (χ4n) is 3.91. The summed E-state index contributed by atoms with van der Waals surface area (Å²) in [5, 5.41) is 11.9. The van der Waals surface area contributed by atoms with Crippen LogP contribution in [0, 0.1) is 0 Å². The number of carbonyl (C=O) groups excluding carboxylic acids is 1. The molecule has 0 fully saturated rings. The van der Waals surface area contributed by atoms with Gasteiger partial charge in [0.05, 0.1) is 18.8 Å². The second-order valence-electron chi connectivity index (χ2n) is 7.05. The monoisotopic (exact) mass is 372 g/mol. The maximum absolute atomic E-state index is 12.9. The molecular weight excluding hydrogens is 352 g/mol. The predicted molar refractivity (Wildman–Crippen MR) is 104 cm³/mol. The minimum atomic E-state index is -0.148. The Morgan fingerprint density at radius 2 is 2.00 bits per heavy atom. The van der Waals surface area contributed by atoms with E-state index in [0.29, 0.717) is 11.3 Å². The van der Waals surface area contributed by atoms with Gasteiger partial charge in [-0.1, -0.05) is 36.4 Å². The molecule has 1 unspecified atom stereocenters. The van der Waals surface area contributed by atoms with Crippen LogP contribution in [0.2, 0.25) is 0 Å². The van der Waals surface area contributed by atoms with Crippen LogP contribution in [0.4, 0.5) is 0 Å². The molecule has 0 radical (unpaired) electrons. The number of nitrogens with one attached hydrogen (secondary N) is 1. The van der Waals surface area contributed by atoms with Gasteiger partial charge >= 0.3 is 0 Å². The number of benzene rings is 1. The van der Waals surface area contributed by atoms with Gasteiger partial charge in [-0.15, -0.1) is 0 Å². The summed E-state index contributed by atoms with van der Waals surface area (Å²) in [6.45, 7) is 0.745. The van der Waals surface area contributed by atoms with Gasteiger partial charge in [-0.2, -0.15) is 10.2 Å². The number of hydrogen-bond acceptors (Lipinski definition) is 4.